The van der Waals surface area contributed by atoms with Crippen molar-refractivity contribution in [2.45, 2.75) is 80.2 Å². The number of carbonyl (C=O) groups is 4. The van der Waals surface area contributed by atoms with Gasteiger partial charge in [0.2, 0.25) is 23.7 Å². The van der Waals surface area contributed by atoms with Crippen LogP contribution in [0.1, 0.15) is 87.2 Å². The first kappa shape index (κ1) is 45.5. The predicted octanol–water partition coefficient (Wildman–Crippen LogP) is 3.87. The molecule has 20 heteroatoms. The van der Waals surface area contributed by atoms with Gasteiger partial charge in [-0.3, -0.25) is 39.2 Å². The Balaban J connectivity index is 0.00000661. The van der Waals surface area contributed by atoms with Gasteiger partial charge in [0.25, 0.3) is 11.8 Å². The van der Waals surface area contributed by atoms with Gasteiger partial charge in [0.1, 0.15) is 33.9 Å². The first-order valence-corrected chi connectivity index (χ1v) is 20.4. The zero-order valence-corrected chi connectivity index (χ0v) is 35.3. The van der Waals surface area contributed by atoms with Crippen molar-refractivity contribution in [3.8, 4) is 11.5 Å². The molecule has 1 atom stereocenters. The van der Waals surface area contributed by atoms with Crippen molar-refractivity contribution >= 4 is 57.6 Å². The number of benzene rings is 2. The van der Waals surface area contributed by atoms with Crippen molar-refractivity contribution in [3.63, 3.8) is 0 Å². The van der Waals surface area contributed by atoms with Crippen LogP contribution in [0.4, 0.5) is 11.9 Å². The number of amides is 4. The van der Waals surface area contributed by atoms with Gasteiger partial charge in [-0.25, -0.2) is 9.97 Å². The number of β-amino-alcohol motifs (C(OH)–C–C–N with tert-alkyl or cyclic N) is 1. The van der Waals surface area contributed by atoms with Gasteiger partial charge < -0.3 is 40.1 Å². The molecule has 0 spiro atoms. The summed E-state index contributed by atoms with van der Waals surface area (Å²) < 4.78 is 18.7. The molecule has 1 aliphatic heterocycles. The molecule has 0 saturated carbocycles. The Morgan fingerprint density at radius 2 is 1.29 bits per heavy atom. The third kappa shape index (κ3) is 9.71. The van der Waals surface area contributed by atoms with E-state index in [9.17, 15) is 24.3 Å². The number of fused-ring (bicyclic) bond motifs is 2. The number of carbonyl (C=O) groups excluding carboxylic acids is 4. The molecule has 6 aromatic rings. The first-order valence-electron chi connectivity index (χ1n) is 20.4. The number of rotatable bonds is 18. The van der Waals surface area contributed by atoms with E-state index in [0.29, 0.717) is 95.5 Å². The lowest BCUT2D eigenvalue weighted by atomic mass is 10.1. The fraction of sp³-hybridized carbons (Fsp3) is 0.395. The summed E-state index contributed by atoms with van der Waals surface area (Å²) in [5.74, 6) is -1.21. The highest BCUT2D eigenvalue weighted by molar-refractivity contribution is 6.05. The van der Waals surface area contributed by atoms with E-state index in [0.717, 1.165) is 13.0 Å². The Labute approximate surface area is 363 Å². The molecule has 334 valence electrons. The Morgan fingerprint density at radius 1 is 0.794 bits per heavy atom. The van der Waals surface area contributed by atoms with E-state index in [2.05, 4.69) is 25.7 Å². The Hall–Kier alpha value is -7.06. The Morgan fingerprint density at radius 3 is 1.73 bits per heavy atom. The minimum atomic E-state index is -0.673. The SMILES string of the molecule is C.CCn1nc(C)cc1C(=O)Nc1nc2cc(C(N)=O)cc(OC)c2n1C/C=C/Cn1c(NC(=O)c2cc(C)nn2CC)nc2cc(C(N)=O)cc(OCCCN3CCC(O)C3)c21. The maximum absolute atomic E-state index is 13.8. The summed E-state index contributed by atoms with van der Waals surface area (Å²) >= 11 is 0. The lowest BCUT2D eigenvalue weighted by Gasteiger charge is -2.16. The number of primary amides is 2. The quantitative estimate of drug-likeness (QED) is 0.0610. The number of ether oxygens (including phenoxy) is 2. The Bertz CT molecular complexity index is 2710. The molecular formula is C43H55N13O7. The number of allylic oxidation sites excluding steroid dienone is 2. The number of aliphatic hydroxyl groups is 1. The summed E-state index contributed by atoms with van der Waals surface area (Å²) in [4.78, 5) is 63.9. The monoisotopic (exact) mass is 865 g/mol. The van der Waals surface area contributed by atoms with Crippen LogP contribution in [0.3, 0.4) is 0 Å². The number of imidazole rings is 2. The molecule has 0 bridgehead atoms. The third-order valence-corrected chi connectivity index (χ3v) is 10.6. The molecule has 63 heavy (non-hydrogen) atoms. The van der Waals surface area contributed by atoms with E-state index in [4.69, 9.17) is 30.9 Å². The number of hydrogen-bond donors (Lipinski definition) is 5. The van der Waals surface area contributed by atoms with Gasteiger partial charge in [-0.2, -0.15) is 10.2 Å². The number of aromatic nitrogens is 8. The lowest BCUT2D eigenvalue weighted by Crippen LogP contribution is -2.24. The maximum atomic E-state index is 13.8. The van der Waals surface area contributed by atoms with Crippen LogP contribution in [0.25, 0.3) is 22.1 Å². The summed E-state index contributed by atoms with van der Waals surface area (Å²) in [6.07, 6.45) is 4.72. The minimum Gasteiger partial charge on any atom is -0.494 e. The number of nitrogens with two attached hydrogens (primary N) is 2. The van der Waals surface area contributed by atoms with Crippen LogP contribution in [-0.2, 0) is 26.2 Å². The van der Waals surface area contributed by atoms with Crippen LogP contribution in [0.2, 0.25) is 0 Å². The summed E-state index contributed by atoms with van der Waals surface area (Å²) in [5, 5.41) is 24.7. The molecule has 2 aromatic carbocycles. The number of nitrogens with one attached hydrogen (secondary N) is 2. The summed E-state index contributed by atoms with van der Waals surface area (Å²) in [6, 6.07) is 9.54. The van der Waals surface area contributed by atoms with Gasteiger partial charge in [0, 0.05) is 56.9 Å². The topological polar surface area (TPSA) is 258 Å². The molecule has 7 rings (SSSR count). The molecule has 4 aromatic heterocycles. The average molecular weight is 866 g/mol. The fourth-order valence-corrected chi connectivity index (χ4v) is 7.67. The summed E-state index contributed by atoms with van der Waals surface area (Å²) in [6.45, 7) is 11.0. The Kier molecular flexibility index (Phi) is 13.9. The second kappa shape index (κ2) is 19.3. The molecule has 1 saturated heterocycles. The summed E-state index contributed by atoms with van der Waals surface area (Å²) in [7, 11) is 1.46. The van der Waals surface area contributed by atoms with Gasteiger partial charge in [0.15, 0.2) is 0 Å². The number of methoxy groups -OCH3 is 1. The van der Waals surface area contributed by atoms with Crippen LogP contribution in [-0.4, -0.2) is 112 Å². The summed E-state index contributed by atoms with van der Waals surface area (Å²) in [5.41, 5.74) is 15.5. The molecular weight excluding hydrogens is 811 g/mol. The van der Waals surface area contributed by atoms with Crippen molar-refractivity contribution in [1.82, 2.24) is 43.6 Å². The van der Waals surface area contributed by atoms with E-state index >= 15 is 0 Å². The van der Waals surface area contributed by atoms with Crippen LogP contribution < -0.4 is 31.6 Å². The van der Waals surface area contributed by atoms with Crippen molar-refractivity contribution in [2.24, 2.45) is 11.5 Å². The number of nitrogens with zero attached hydrogens (tertiary/aromatic N) is 9. The van der Waals surface area contributed by atoms with E-state index < -0.39 is 23.6 Å². The third-order valence-electron chi connectivity index (χ3n) is 10.6. The zero-order valence-electron chi connectivity index (χ0n) is 35.3. The normalized spacial score (nSPS) is 14.1. The molecule has 1 aliphatic rings. The van der Waals surface area contributed by atoms with E-state index in [1.165, 1.54) is 19.2 Å². The smallest absolute Gasteiger partial charge is 0.276 e. The van der Waals surface area contributed by atoms with Crippen LogP contribution in [0.15, 0.2) is 48.6 Å². The number of likely N-dealkylation sites (tertiary alicyclic amines) is 1. The molecule has 0 aliphatic carbocycles. The van der Waals surface area contributed by atoms with Crippen molar-refractivity contribution < 1.29 is 33.8 Å². The lowest BCUT2D eigenvalue weighted by molar-refractivity contribution is 0.0991. The fourth-order valence-electron chi connectivity index (χ4n) is 7.67. The van der Waals surface area contributed by atoms with E-state index in [1.807, 2.05) is 26.0 Å². The molecule has 5 heterocycles. The van der Waals surface area contributed by atoms with Crippen molar-refractivity contribution in [1.29, 1.82) is 0 Å². The first-order chi connectivity index (χ1) is 29.8. The van der Waals surface area contributed by atoms with E-state index in [1.54, 1.807) is 56.6 Å². The number of hydrogen-bond acceptors (Lipinski definition) is 12. The number of aliphatic hydroxyl groups excluding tert-OH is 1. The van der Waals surface area contributed by atoms with Gasteiger partial charge in [-0.05, 0) is 76.9 Å². The van der Waals surface area contributed by atoms with Gasteiger partial charge in [0.05, 0.1) is 42.2 Å². The number of aryl methyl sites for hydroxylation is 4. The predicted molar refractivity (Wildman–Crippen MR) is 237 cm³/mol. The minimum absolute atomic E-state index is 0. The number of anilines is 2. The molecule has 7 N–H and O–H groups in total. The standard InChI is InChI=1S/C42H51N13O7.CH4/c1-6-54-31(17-24(3)49-54)39(59)47-41-45-29-19-26(37(43)57)21-33(61-5)35(29)52(41)13-8-9-14-53-36-30(46-42(53)48-40(60)32-18-25(4)50-55(32)7-2)20-27(38(44)58)22-34(36)62-16-10-12-51-15-11-28(56)23-51;/h8-9,17-22,28,56H,6-7,10-16,23H2,1-5H3,(H2,43,57)(H2,44,58)(H,45,47,59)(H,46,48,60);1H4/b9-8+;. The second-order valence-electron chi connectivity index (χ2n) is 15.0. The highest BCUT2D eigenvalue weighted by atomic mass is 16.5. The maximum Gasteiger partial charge on any atom is 0.276 e. The molecule has 0 radical (unpaired) electrons. The molecule has 1 unspecified atom stereocenters. The van der Waals surface area contributed by atoms with Crippen LogP contribution >= 0.6 is 0 Å². The van der Waals surface area contributed by atoms with Crippen molar-refractivity contribution in [2.75, 3.05) is 44.0 Å². The molecule has 1 fully saturated rings. The second-order valence-corrected chi connectivity index (χ2v) is 15.0. The van der Waals surface area contributed by atoms with Crippen molar-refractivity contribution in [3.05, 3.63) is 82.5 Å². The largest absolute Gasteiger partial charge is 0.494 e. The zero-order chi connectivity index (χ0) is 44.2. The van der Waals surface area contributed by atoms with Gasteiger partial charge >= 0.3 is 0 Å². The highest BCUT2D eigenvalue weighted by Crippen LogP contribution is 2.33. The van der Waals surface area contributed by atoms with Gasteiger partial charge in [-0.1, -0.05) is 19.6 Å². The molecule has 4 amide bonds. The van der Waals surface area contributed by atoms with E-state index in [-0.39, 0.29) is 49.6 Å². The molecule has 20 nitrogen and oxygen atoms in total. The van der Waals surface area contributed by atoms with Gasteiger partial charge in [-0.15, -0.1) is 0 Å². The van der Waals surface area contributed by atoms with Crippen LogP contribution in [0, 0.1) is 13.8 Å². The highest BCUT2D eigenvalue weighted by Gasteiger charge is 2.24. The average Bonchev–Trinajstić information content (AvgIpc) is 4.07. The van der Waals surface area contributed by atoms with Crippen LogP contribution in [0.5, 0.6) is 11.5 Å².